The Hall–Kier alpha value is -1.90. The number of aromatic nitrogens is 2. The van der Waals surface area contributed by atoms with Crippen LogP contribution in [-0.4, -0.2) is 9.78 Å². The van der Waals surface area contributed by atoms with Crippen molar-refractivity contribution in [1.29, 1.82) is 0 Å². The SMILES string of the molecule is Cl.Cn1nc(C(F)(F)F)cc1Oc1cccc(C(F)(F)F)c1. The van der Waals surface area contributed by atoms with Crippen LogP contribution in [0.1, 0.15) is 11.3 Å². The summed E-state index contributed by atoms with van der Waals surface area (Å²) < 4.78 is 80.8. The largest absolute Gasteiger partial charge is 0.439 e. The molecule has 0 fully saturated rings. The Morgan fingerprint density at radius 1 is 1.00 bits per heavy atom. The average molecular weight is 347 g/mol. The van der Waals surface area contributed by atoms with Gasteiger partial charge in [-0.3, -0.25) is 0 Å². The highest BCUT2D eigenvalue weighted by Gasteiger charge is 2.35. The van der Waals surface area contributed by atoms with Gasteiger partial charge in [0.25, 0.3) is 0 Å². The van der Waals surface area contributed by atoms with Gasteiger partial charge in [0.1, 0.15) is 5.75 Å². The third-order valence-corrected chi connectivity index (χ3v) is 2.51. The van der Waals surface area contributed by atoms with E-state index in [-0.39, 0.29) is 24.0 Å². The van der Waals surface area contributed by atoms with Gasteiger partial charge in [0, 0.05) is 13.1 Å². The van der Waals surface area contributed by atoms with Crippen LogP contribution in [0.15, 0.2) is 30.3 Å². The van der Waals surface area contributed by atoms with Crippen molar-refractivity contribution in [3.63, 3.8) is 0 Å². The van der Waals surface area contributed by atoms with Gasteiger partial charge in [-0.2, -0.15) is 31.4 Å². The van der Waals surface area contributed by atoms with Crippen LogP contribution in [-0.2, 0) is 19.4 Å². The summed E-state index contributed by atoms with van der Waals surface area (Å²) >= 11 is 0. The Morgan fingerprint density at radius 2 is 1.64 bits per heavy atom. The maximum absolute atomic E-state index is 12.5. The highest BCUT2D eigenvalue weighted by Crippen LogP contribution is 2.34. The van der Waals surface area contributed by atoms with Crippen molar-refractivity contribution >= 4 is 12.4 Å². The summed E-state index contributed by atoms with van der Waals surface area (Å²) in [6.45, 7) is 0. The fraction of sp³-hybridized carbons (Fsp3) is 0.250. The van der Waals surface area contributed by atoms with Crippen LogP contribution in [0.3, 0.4) is 0 Å². The molecule has 1 heterocycles. The topological polar surface area (TPSA) is 27.1 Å². The number of ether oxygens (including phenoxy) is 1. The molecule has 0 amide bonds. The van der Waals surface area contributed by atoms with E-state index in [1.165, 1.54) is 13.1 Å². The summed E-state index contributed by atoms with van der Waals surface area (Å²) in [7, 11) is 1.19. The second-order valence-electron chi connectivity index (χ2n) is 4.12. The van der Waals surface area contributed by atoms with Gasteiger partial charge in [-0.25, -0.2) is 4.68 Å². The van der Waals surface area contributed by atoms with E-state index in [0.29, 0.717) is 12.1 Å². The van der Waals surface area contributed by atoms with Gasteiger partial charge in [0.15, 0.2) is 5.69 Å². The van der Waals surface area contributed by atoms with Gasteiger partial charge in [0.2, 0.25) is 5.88 Å². The molecule has 122 valence electrons. The van der Waals surface area contributed by atoms with E-state index in [1.807, 2.05) is 0 Å². The first-order valence-corrected chi connectivity index (χ1v) is 5.54. The lowest BCUT2D eigenvalue weighted by Crippen LogP contribution is -2.06. The van der Waals surface area contributed by atoms with Crippen LogP contribution in [0.4, 0.5) is 26.3 Å². The number of hydrogen-bond acceptors (Lipinski definition) is 2. The van der Waals surface area contributed by atoms with Crippen molar-refractivity contribution < 1.29 is 31.1 Å². The molecule has 0 saturated heterocycles. The van der Waals surface area contributed by atoms with Crippen molar-refractivity contribution in [2.45, 2.75) is 12.4 Å². The summed E-state index contributed by atoms with van der Waals surface area (Å²) in [4.78, 5) is 0. The molecule has 0 aliphatic heterocycles. The first kappa shape index (κ1) is 18.1. The summed E-state index contributed by atoms with van der Waals surface area (Å²) in [5, 5.41) is 3.19. The smallest absolute Gasteiger partial charge is 0.435 e. The summed E-state index contributed by atoms with van der Waals surface area (Å²) in [5.41, 5.74) is -2.15. The molecule has 0 saturated carbocycles. The van der Waals surface area contributed by atoms with Gasteiger partial charge in [0.05, 0.1) is 5.56 Å². The first-order chi connectivity index (χ1) is 9.57. The Kier molecular flexibility index (Phi) is 5.01. The predicted molar refractivity (Wildman–Crippen MR) is 67.0 cm³/mol. The maximum Gasteiger partial charge on any atom is 0.435 e. The standard InChI is InChI=1S/C12H8F6N2O.ClH/c1-20-10(6-9(19-20)12(16,17)18)21-8-4-2-3-7(5-8)11(13,14)15;/h2-6H,1H3;1H. The van der Waals surface area contributed by atoms with Crippen molar-refractivity contribution in [2.24, 2.45) is 7.05 Å². The fourth-order valence-corrected chi connectivity index (χ4v) is 1.54. The molecule has 1 aromatic carbocycles. The lowest BCUT2D eigenvalue weighted by atomic mass is 10.2. The number of alkyl halides is 6. The third kappa shape index (κ3) is 4.06. The molecule has 0 spiro atoms. The molecule has 2 rings (SSSR count). The second-order valence-corrected chi connectivity index (χ2v) is 4.12. The van der Waals surface area contributed by atoms with Gasteiger partial charge in [-0.05, 0) is 18.2 Å². The van der Waals surface area contributed by atoms with E-state index in [1.54, 1.807) is 0 Å². The van der Waals surface area contributed by atoms with E-state index in [0.717, 1.165) is 16.8 Å². The zero-order valence-corrected chi connectivity index (χ0v) is 11.7. The van der Waals surface area contributed by atoms with Crippen LogP contribution in [0, 0.1) is 0 Å². The number of hydrogen-bond donors (Lipinski definition) is 0. The van der Waals surface area contributed by atoms with Gasteiger partial charge in [-0.15, -0.1) is 12.4 Å². The minimum atomic E-state index is -4.66. The number of rotatable bonds is 2. The Bertz CT molecular complexity index is 650. The van der Waals surface area contributed by atoms with E-state index in [2.05, 4.69) is 5.10 Å². The zero-order chi connectivity index (χ0) is 15.8. The van der Waals surface area contributed by atoms with E-state index >= 15 is 0 Å². The number of aryl methyl sites for hydroxylation is 1. The number of halogens is 7. The van der Waals surface area contributed by atoms with Crippen LogP contribution < -0.4 is 4.74 Å². The van der Waals surface area contributed by atoms with Crippen molar-refractivity contribution in [3.8, 4) is 11.6 Å². The molecule has 0 aliphatic carbocycles. The molecular formula is C12H9ClF6N2O. The average Bonchev–Trinajstić information content (AvgIpc) is 2.70. The summed E-state index contributed by atoms with van der Waals surface area (Å²) in [5.74, 6) is -0.553. The predicted octanol–water partition coefficient (Wildman–Crippen LogP) is 4.67. The first-order valence-electron chi connectivity index (χ1n) is 5.54. The normalized spacial score (nSPS) is 12.0. The molecule has 22 heavy (non-hydrogen) atoms. The molecular weight excluding hydrogens is 338 g/mol. The highest BCUT2D eigenvalue weighted by molar-refractivity contribution is 5.85. The van der Waals surface area contributed by atoms with E-state index in [9.17, 15) is 26.3 Å². The van der Waals surface area contributed by atoms with E-state index < -0.39 is 23.6 Å². The Morgan fingerprint density at radius 3 is 2.14 bits per heavy atom. The van der Waals surface area contributed by atoms with Crippen molar-refractivity contribution in [1.82, 2.24) is 9.78 Å². The summed E-state index contributed by atoms with van der Waals surface area (Å²) in [6.07, 6.45) is -9.23. The maximum atomic E-state index is 12.5. The van der Waals surface area contributed by atoms with Gasteiger partial charge >= 0.3 is 12.4 Å². The molecule has 2 aromatic rings. The molecule has 3 nitrogen and oxygen atoms in total. The lowest BCUT2D eigenvalue weighted by Gasteiger charge is -2.09. The lowest BCUT2D eigenvalue weighted by molar-refractivity contribution is -0.141. The third-order valence-electron chi connectivity index (χ3n) is 2.51. The number of nitrogens with zero attached hydrogens (tertiary/aromatic N) is 2. The molecule has 10 heteroatoms. The van der Waals surface area contributed by atoms with Crippen LogP contribution >= 0.6 is 12.4 Å². The Balaban J connectivity index is 0.00000242. The minimum Gasteiger partial charge on any atom is -0.439 e. The monoisotopic (exact) mass is 346 g/mol. The quantitative estimate of drug-likeness (QED) is 0.739. The number of benzene rings is 1. The zero-order valence-electron chi connectivity index (χ0n) is 10.9. The molecule has 0 atom stereocenters. The molecule has 0 bridgehead atoms. The van der Waals surface area contributed by atoms with Crippen molar-refractivity contribution in [2.75, 3.05) is 0 Å². The molecule has 0 N–H and O–H groups in total. The van der Waals surface area contributed by atoms with Crippen molar-refractivity contribution in [3.05, 3.63) is 41.6 Å². The van der Waals surface area contributed by atoms with Gasteiger partial charge in [-0.1, -0.05) is 6.07 Å². The Labute approximate surface area is 126 Å². The molecule has 0 unspecified atom stereocenters. The summed E-state index contributed by atoms with van der Waals surface area (Å²) in [6, 6.07) is 4.44. The van der Waals surface area contributed by atoms with Gasteiger partial charge < -0.3 is 4.74 Å². The van der Waals surface area contributed by atoms with Crippen LogP contribution in [0.25, 0.3) is 0 Å². The van der Waals surface area contributed by atoms with Crippen LogP contribution in [0.2, 0.25) is 0 Å². The highest BCUT2D eigenvalue weighted by atomic mass is 35.5. The molecule has 0 radical (unpaired) electrons. The van der Waals surface area contributed by atoms with Crippen LogP contribution in [0.5, 0.6) is 11.6 Å². The fourth-order valence-electron chi connectivity index (χ4n) is 1.54. The molecule has 0 aliphatic rings. The van der Waals surface area contributed by atoms with E-state index in [4.69, 9.17) is 4.74 Å². The minimum absolute atomic E-state index is 0. The second kappa shape index (κ2) is 6.07. The molecule has 1 aromatic heterocycles.